The SMILES string of the molecule is COc1ccccc1CCn1c(=O)n(C(C)(C)C(=O)N2CCC2)c(=O)c2c(C)c(-c3ncco3)sc21.OCC1CCOCC1. The molecule has 3 aromatic heterocycles. The molecule has 0 saturated carbocycles. The summed E-state index contributed by atoms with van der Waals surface area (Å²) < 4.78 is 18.8. The number of likely N-dealkylation sites (tertiary alicyclic amines) is 1. The van der Waals surface area contributed by atoms with Gasteiger partial charge in [0, 0.05) is 39.5 Å². The maximum atomic E-state index is 14.0. The number of thiophene rings is 1. The highest BCUT2D eigenvalue weighted by Gasteiger charge is 2.39. The summed E-state index contributed by atoms with van der Waals surface area (Å²) in [6.45, 7) is 8.69. The van der Waals surface area contributed by atoms with Crippen LogP contribution >= 0.6 is 11.3 Å². The summed E-state index contributed by atoms with van der Waals surface area (Å²) in [7, 11) is 1.61. The van der Waals surface area contributed by atoms with Gasteiger partial charge in [0.25, 0.3) is 5.56 Å². The Balaban J connectivity index is 0.000000418. The number of methoxy groups -OCH3 is 1. The van der Waals surface area contributed by atoms with Gasteiger partial charge in [0.2, 0.25) is 11.8 Å². The van der Waals surface area contributed by atoms with E-state index in [2.05, 4.69) is 4.98 Å². The maximum Gasteiger partial charge on any atom is 0.333 e. The van der Waals surface area contributed by atoms with Crippen LogP contribution < -0.4 is 16.0 Å². The van der Waals surface area contributed by atoms with Crippen molar-refractivity contribution in [2.24, 2.45) is 5.92 Å². The molecule has 2 aliphatic heterocycles. The Labute approximate surface area is 259 Å². The second-order valence-electron chi connectivity index (χ2n) is 11.7. The van der Waals surface area contributed by atoms with Gasteiger partial charge in [0.1, 0.15) is 22.4 Å². The molecule has 2 aliphatic rings. The Bertz CT molecular complexity index is 1710. The molecule has 236 valence electrons. The van der Waals surface area contributed by atoms with E-state index in [0.717, 1.165) is 48.4 Å². The van der Waals surface area contributed by atoms with Crippen LogP contribution in [-0.2, 0) is 28.0 Å². The zero-order valence-corrected chi connectivity index (χ0v) is 26.5. The molecule has 1 aromatic carbocycles. The number of hydrogen-bond donors (Lipinski definition) is 1. The van der Waals surface area contributed by atoms with Crippen LogP contribution in [0.2, 0.25) is 0 Å². The fourth-order valence-electron chi connectivity index (χ4n) is 5.65. The second kappa shape index (κ2) is 13.5. The third-order valence-electron chi connectivity index (χ3n) is 8.46. The van der Waals surface area contributed by atoms with Crippen LogP contribution in [0.15, 0.2) is 50.7 Å². The number of rotatable bonds is 8. The van der Waals surface area contributed by atoms with Crippen LogP contribution in [0.25, 0.3) is 21.0 Å². The average Bonchev–Trinajstić information content (AvgIpc) is 3.65. The van der Waals surface area contributed by atoms with Crippen LogP contribution in [0, 0.1) is 12.8 Å². The number of oxazole rings is 1. The number of ether oxygens (including phenoxy) is 2. The fourth-order valence-corrected chi connectivity index (χ4v) is 6.91. The molecule has 12 heteroatoms. The molecule has 44 heavy (non-hydrogen) atoms. The number of amides is 1. The third kappa shape index (κ3) is 6.11. The number of aliphatic hydroxyl groups is 1. The number of fused-ring (bicyclic) bond motifs is 1. The fraction of sp³-hybridized carbons (Fsp3) is 0.500. The van der Waals surface area contributed by atoms with E-state index in [1.165, 1.54) is 17.6 Å². The molecular weight excluding hydrogens is 584 g/mol. The van der Waals surface area contributed by atoms with Gasteiger partial charge in [-0.15, -0.1) is 11.3 Å². The lowest BCUT2D eigenvalue weighted by molar-refractivity contribution is -0.143. The molecule has 0 radical (unpaired) electrons. The number of aliphatic hydroxyl groups excluding tert-OH is 1. The van der Waals surface area contributed by atoms with Crippen molar-refractivity contribution in [3.63, 3.8) is 0 Å². The summed E-state index contributed by atoms with van der Waals surface area (Å²) in [5, 5.41) is 9.04. The van der Waals surface area contributed by atoms with Gasteiger partial charge < -0.3 is 23.9 Å². The van der Waals surface area contributed by atoms with E-state index < -0.39 is 16.8 Å². The van der Waals surface area contributed by atoms with E-state index in [1.807, 2.05) is 31.2 Å². The van der Waals surface area contributed by atoms with Crippen molar-refractivity contribution in [3.05, 3.63) is 68.7 Å². The largest absolute Gasteiger partial charge is 0.496 e. The molecule has 11 nitrogen and oxygen atoms in total. The molecule has 5 heterocycles. The predicted octanol–water partition coefficient (Wildman–Crippen LogP) is 3.81. The van der Waals surface area contributed by atoms with Gasteiger partial charge in [0.15, 0.2) is 0 Å². The first kappa shape index (κ1) is 31.7. The zero-order chi connectivity index (χ0) is 31.4. The molecule has 6 rings (SSSR count). The predicted molar refractivity (Wildman–Crippen MR) is 168 cm³/mol. The highest BCUT2D eigenvalue weighted by atomic mass is 32.1. The van der Waals surface area contributed by atoms with Crippen molar-refractivity contribution in [1.29, 1.82) is 0 Å². The van der Waals surface area contributed by atoms with Crippen molar-refractivity contribution >= 4 is 27.5 Å². The van der Waals surface area contributed by atoms with E-state index in [1.54, 1.807) is 36.6 Å². The van der Waals surface area contributed by atoms with Crippen LogP contribution in [0.4, 0.5) is 0 Å². The summed E-state index contributed by atoms with van der Waals surface area (Å²) in [5.41, 5.74) is -0.716. The minimum Gasteiger partial charge on any atom is -0.496 e. The topological polar surface area (TPSA) is 129 Å². The van der Waals surface area contributed by atoms with Crippen LogP contribution in [0.1, 0.15) is 44.2 Å². The van der Waals surface area contributed by atoms with E-state index in [9.17, 15) is 14.4 Å². The van der Waals surface area contributed by atoms with E-state index >= 15 is 0 Å². The Morgan fingerprint density at radius 1 is 1.18 bits per heavy atom. The van der Waals surface area contributed by atoms with Crippen molar-refractivity contribution < 1.29 is 23.8 Å². The highest BCUT2D eigenvalue weighted by molar-refractivity contribution is 7.22. The number of hydrogen-bond acceptors (Lipinski definition) is 9. The Morgan fingerprint density at radius 3 is 2.50 bits per heavy atom. The van der Waals surface area contributed by atoms with E-state index in [0.29, 0.717) is 65.1 Å². The minimum atomic E-state index is -1.34. The number of aromatic nitrogens is 3. The molecule has 0 unspecified atom stereocenters. The second-order valence-corrected chi connectivity index (χ2v) is 12.7. The number of benzene rings is 1. The van der Waals surface area contributed by atoms with Crippen LogP contribution in [0.3, 0.4) is 0 Å². The van der Waals surface area contributed by atoms with Gasteiger partial charge in [-0.25, -0.2) is 14.3 Å². The van der Waals surface area contributed by atoms with Crippen molar-refractivity contribution in [1.82, 2.24) is 19.0 Å². The number of carbonyl (C=O) groups is 1. The lowest BCUT2D eigenvalue weighted by Crippen LogP contribution is -2.58. The standard InChI is InChI=1S/C26H28N4O5S.C6H12O2/c1-16-19-22(31)30(26(2,3)24(32)28-12-7-13-28)25(33)29(14-10-17-8-5-6-9-18(17)34-4)23(19)36-20(16)21-27-11-15-35-21;7-5-6-1-3-8-4-2-6/h5-6,8-9,11,15H,7,10,12-14H2,1-4H3;6-7H,1-5H2. The van der Waals surface area contributed by atoms with Gasteiger partial charge in [-0.05, 0) is 69.6 Å². The molecule has 0 spiro atoms. The minimum absolute atomic E-state index is 0.232. The first-order valence-electron chi connectivity index (χ1n) is 15.0. The van der Waals surface area contributed by atoms with Crippen molar-refractivity contribution in [2.75, 3.05) is 40.0 Å². The van der Waals surface area contributed by atoms with E-state index in [-0.39, 0.29) is 5.91 Å². The molecule has 0 bridgehead atoms. The van der Waals surface area contributed by atoms with Crippen molar-refractivity contribution in [3.8, 4) is 16.5 Å². The Morgan fingerprint density at radius 2 is 1.91 bits per heavy atom. The van der Waals surface area contributed by atoms with Gasteiger partial charge in [-0.3, -0.25) is 14.2 Å². The van der Waals surface area contributed by atoms with Crippen LogP contribution in [0.5, 0.6) is 5.75 Å². The quantitative estimate of drug-likeness (QED) is 0.314. The number of para-hydroxylation sites is 1. The number of aryl methyl sites for hydroxylation is 3. The van der Waals surface area contributed by atoms with E-state index in [4.69, 9.17) is 19.0 Å². The Kier molecular flexibility index (Phi) is 9.72. The van der Waals surface area contributed by atoms with Crippen LogP contribution in [-0.4, -0.2) is 70.1 Å². The summed E-state index contributed by atoms with van der Waals surface area (Å²) in [4.78, 5) is 48.3. The summed E-state index contributed by atoms with van der Waals surface area (Å²) in [6, 6.07) is 7.63. The average molecular weight is 625 g/mol. The molecule has 2 saturated heterocycles. The molecule has 0 atom stereocenters. The molecule has 1 amide bonds. The smallest absolute Gasteiger partial charge is 0.333 e. The third-order valence-corrected chi connectivity index (χ3v) is 9.76. The lowest BCUT2D eigenvalue weighted by atomic mass is 10.00. The summed E-state index contributed by atoms with van der Waals surface area (Å²) >= 11 is 1.30. The first-order chi connectivity index (χ1) is 21.2. The monoisotopic (exact) mass is 624 g/mol. The molecular formula is C32H40N4O7S. The molecule has 1 N–H and O–H groups in total. The molecule has 0 aliphatic carbocycles. The van der Waals surface area contributed by atoms with Crippen molar-refractivity contribution in [2.45, 2.75) is 58.5 Å². The Hall–Kier alpha value is -3.74. The maximum absolute atomic E-state index is 14.0. The van der Waals surface area contributed by atoms with Gasteiger partial charge >= 0.3 is 5.69 Å². The summed E-state index contributed by atoms with van der Waals surface area (Å²) in [5.74, 6) is 1.40. The molecule has 2 fully saturated rings. The van der Waals surface area contributed by atoms with Gasteiger partial charge in [-0.2, -0.15) is 0 Å². The van der Waals surface area contributed by atoms with Gasteiger partial charge in [0.05, 0.1) is 23.6 Å². The number of nitrogens with zero attached hydrogens (tertiary/aromatic N) is 4. The van der Waals surface area contributed by atoms with Gasteiger partial charge in [-0.1, -0.05) is 18.2 Å². The summed E-state index contributed by atoms with van der Waals surface area (Å²) in [6.07, 6.45) is 6.51. The normalized spacial score (nSPS) is 15.5. The first-order valence-corrected chi connectivity index (χ1v) is 15.8. The molecule has 4 aromatic rings. The lowest BCUT2D eigenvalue weighted by Gasteiger charge is -2.38. The zero-order valence-electron chi connectivity index (χ0n) is 25.7. The number of carbonyl (C=O) groups excluding carboxylic acids is 1. The highest BCUT2D eigenvalue weighted by Crippen LogP contribution is 2.36.